The van der Waals surface area contributed by atoms with Crippen LogP contribution in [0.15, 0.2) is 77.7 Å². The van der Waals surface area contributed by atoms with Crippen LogP contribution in [0.3, 0.4) is 0 Å². The van der Waals surface area contributed by atoms with Gasteiger partial charge in [-0.25, -0.2) is 18.4 Å². The number of nitrogens with one attached hydrogen (secondary N) is 1. The Morgan fingerprint density at radius 3 is 2.35 bits per heavy atom. The van der Waals surface area contributed by atoms with Crippen LogP contribution in [-0.4, -0.2) is 32.3 Å². The zero-order valence-electron chi connectivity index (χ0n) is 16.8. The van der Waals surface area contributed by atoms with Crippen LogP contribution >= 0.6 is 0 Å². The molecule has 5 N–H and O–H groups in total. The number of carbonyl (C=O) groups excluding carboxylic acids is 1. The first-order valence-electron chi connectivity index (χ1n) is 9.23. The molecule has 0 fully saturated rings. The summed E-state index contributed by atoms with van der Waals surface area (Å²) in [6.07, 6.45) is -0.564. The summed E-state index contributed by atoms with van der Waals surface area (Å²) in [4.78, 5) is 13.8. The van der Waals surface area contributed by atoms with Crippen molar-refractivity contribution in [2.45, 2.75) is 11.4 Å². The second kappa shape index (κ2) is 8.99. The van der Waals surface area contributed by atoms with Crippen molar-refractivity contribution >= 4 is 22.0 Å². The summed E-state index contributed by atoms with van der Waals surface area (Å²) in [6, 6.07) is 19.9. The molecule has 0 saturated heterocycles. The number of benzene rings is 3. The van der Waals surface area contributed by atoms with Crippen molar-refractivity contribution in [3.05, 3.63) is 83.9 Å². The Hall–Kier alpha value is -3.69. The zero-order valence-corrected chi connectivity index (χ0v) is 17.6. The molecule has 9 heteroatoms. The summed E-state index contributed by atoms with van der Waals surface area (Å²) in [5, 5.41) is 12.8. The van der Waals surface area contributed by atoms with Gasteiger partial charge in [-0.05, 0) is 35.4 Å². The summed E-state index contributed by atoms with van der Waals surface area (Å²) >= 11 is 0. The minimum absolute atomic E-state index is 0.0206. The van der Waals surface area contributed by atoms with E-state index in [1.165, 1.54) is 11.0 Å². The highest BCUT2D eigenvalue weighted by molar-refractivity contribution is 7.89. The Morgan fingerprint density at radius 2 is 1.71 bits per heavy atom. The normalized spacial score (nSPS) is 11.0. The summed E-state index contributed by atoms with van der Waals surface area (Å²) in [6.45, 7) is 0.278. The van der Waals surface area contributed by atoms with Crippen LogP contribution < -0.4 is 15.6 Å². The van der Waals surface area contributed by atoms with Gasteiger partial charge < -0.3 is 15.4 Å². The molecule has 3 aromatic rings. The van der Waals surface area contributed by atoms with Crippen molar-refractivity contribution in [2.24, 2.45) is 10.9 Å². The number of amidine groups is 1. The van der Waals surface area contributed by atoms with Gasteiger partial charge in [0.25, 0.3) is 0 Å². The Kier molecular flexibility index (Phi) is 6.38. The number of carbonyl (C=O) groups is 1. The van der Waals surface area contributed by atoms with Crippen LogP contribution in [0.1, 0.15) is 11.1 Å². The lowest BCUT2D eigenvalue weighted by molar-refractivity contribution is 0.161. The minimum Gasteiger partial charge on any atom is -0.410 e. The second-order valence-corrected chi connectivity index (χ2v) is 8.43. The van der Waals surface area contributed by atoms with Crippen molar-refractivity contribution in [3.63, 3.8) is 0 Å². The highest BCUT2D eigenvalue weighted by Gasteiger charge is 2.16. The molecule has 0 aliphatic carbocycles. The van der Waals surface area contributed by atoms with Gasteiger partial charge in [-0.1, -0.05) is 48.5 Å². The van der Waals surface area contributed by atoms with E-state index in [0.717, 1.165) is 5.56 Å². The monoisotopic (exact) mass is 438 g/mol. The van der Waals surface area contributed by atoms with Gasteiger partial charge in [-0.3, -0.25) is 5.41 Å². The Bertz CT molecular complexity index is 1220. The Morgan fingerprint density at radius 1 is 1.03 bits per heavy atom. The maximum atomic E-state index is 12.4. The number of hydrogen-bond donors (Lipinski definition) is 3. The molecule has 160 valence electrons. The van der Waals surface area contributed by atoms with Crippen LogP contribution in [0.2, 0.25) is 0 Å². The number of primary sulfonamides is 1. The molecule has 0 aliphatic rings. The highest BCUT2D eigenvalue weighted by Crippen LogP contribution is 2.28. The van der Waals surface area contributed by atoms with Crippen molar-refractivity contribution in [1.29, 1.82) is 5.41 Å². The van der Waals surface area contributed by atoms with E-state index in [1.807, 2.05) is 6.07 Å². The number of sulfonamides is 1. The standard InChI is InChI=1S/C22H22N4O4S/c1-26(14-15-5-4-6-17(13-15)21(23)24)22(27)30-18-11-9-16(10-12-18)19-7-2-3-8-20(19)31(25,28)29/h2-13H,14H2,1H3,(H3,23,24)(H2,25,28,29). The van der Waals surface area contributed by atoms with Crippen molar-refractivity contribution in [2.75, 3.05) is 7.05 Å². The van der Waals surface area contributed by atoms with Gasteiger partial charge in [0.15, 0.2) is 0 Å². The maximum absolute atomic E-state index is 12.4. The minimum atomic E-state index is -3.87. The molecule has 31 heavy (non-hydrogen) atoms. The van der Waals surface area contributed by atoms with E-state index in [2.05, 4.69) is 0 Å². The van der Waals surface area contributed by atoms with E-state index in [-0.39, 0.29) is 17.3 Å². The maximum Gasteiger partial charge on any atom is 0.415 e. The van der Waals surface area contributed by atoms with E-state index in [1.54, 1.807) is 67.7 Å². The molecule has 0 atom stereocenters. The van der Waals surface area contributed by atoms with Crippen molar-refractivity contribution in [1.82, 2.24) is 4.90 Å². The van der Waals surface area contributed by atoms with Gasteiger partial charge >= 0.3 is 6.09 Å². The highest BCUT2D eigenvalue weighted by atomic mass is 32.2. The largest absolute Gasteiger partial charge is 0.415 e. The van der Waals surface area contributed by atoms with Crippen molar-refractivity contribution < 1.29 is 17.9 Å². The molecule has 3 rings (SSSR count). The van der Waals surface area contributed by atoms with Crippen LogP contribution in [0.5, 0.6) is 5.75 Å². The number of nitrogen functional groups attached to an aromatic ring is 1. The first kappa shape index (κ1) is 22.0. The molecule has 1 amide bonds. The molecule has 0 bridgehead atoms. The van der Waals surface area contributed by atoms with Crippen LogP contribution in [-0.2, 0) is 16.6 Å². The summed E-state index contributed by atoms with van der Waals surface area (Å²) < 4.78 is 29.0. The fourth-order valence-electron chi connectivity index (χ4n) is 3.01. The van der Waals surface area contributed by atoms with Gasteiger partial charge in [-0.15, -0.1) is 0 Å². The van der Waals surface area contributed by atoms with Crippen LogP contribution in [0.25, 0.3) is 11.1 Å². The van der Waals surface area contributed by atoms with Gasteiger partial charge in [0, 0.05) is 24.7 Å². The van der Waals surface area contributed by atoms with Gasteiger partial charge in [0.1, 0.15) is 11.6 Å². The molecular formula is C22H22N4O4S. The number of hydrogen-bond acceptors (Lipinski definition) is 5. The second-order valence-electron chi connectivity index (χ2n) is 6.90. The molecule has 8 nitrogen and oxygen atoms in total. The Balaban J connectivity index is 1.71. The number of rotatable bonds is 6. The van der Waals surface area contributed by atoms with E-state index < -0.39 is 16.1 Å². The zero-order chi connectivity index (χ0) is 22.6. The SMILES string of the molecule is CN(Cc1cccc(C(=N)N)c1)C(=O)Oc1ccc(-c2ccccc2S(N)(=O)=O)cc1. The fraction of sp³-hybridized carbons (Fsp3) is 0.0909. The number of nitrogens with zero attached hydrogens (tertiary/aromatic N) is 1. The predicted octanol–water partition coefficient (Wildman–Crippen LogP) is 2.92. The number of ether oxygens (including phenoxy) is 1. The van der Waals surface area contributed by atoms with Gasteiger partial charge in [0.2, 0.25) is 10.0 Å². The molecule has 0 radical (unpaired) electrons. The first-order valence-corrected chi connectivity index (χ1v) is 10.8. The third-order valence-electron chi connectivity index (χ3n) is 4.53. The van der Waals surface area contributed by atoms with E-state index >= 15 is 0 Å². The van der Waals surface area contributed by atoms with E-state index in [0.29, 0.717) is 22.4 Å². The molecule has 0 spiro atoms. The molecule has 3 aromatic carbocycles. The fourth-order valence-corrected chi connectivity index (χ4v) is 3.77. The molecule has 0 heterocycles. The summed E-state index contributed by atoms with van der Waals surface area (Å²) in [5.74, 6) is 0.266. The van der Waals surface area contributed by atoms with Crippen LogP contribution in [0.4, 0.5) is 4.79 Å². The quantitative estimate of drug-likeness (QED) is 0.401. The molecule has 0 saturated carbocycles. The molecule has 0 aromatic heterocycles. The van der Waals surface area contributed by atoms with Gasteiger partial charge in [-0.2, -0.15) is 0 Å². The average Bonchev–Trinajstić information content (AvgIpc) is 2.74. The van der Waals surface area contributed by atoms with E-state index in [4.69, 9.17) is 21.0 Å². The summed E-state index contributed by atoms with van der Waals surface area (Å²) in [7, 11) is -2.28. The first-order chi connectivity index (χ1) is 14.6. The third-order valence-corrected chi connectivity index (χ3v) is 5.50. The third kappa shape index (κ3) is 5.47. The predicted molar refractivity (Wildman–Crippen MR) is 118 cm³/mol. The Labute approximate surface area is 180 Å². The molecule has 0 unspecified atom stereocenters. The lowest BCUT2D eigenvalue weighted by Crippen LogP contribution is -2.29. The van der Waals surface area contributed by atoms with Crippen LogP contribution in [0, 0.1) is 5.41 Å². The number of amides is 1. The number of nitrogens with two attached hydrogens (primary N) is 2. The topological polar surface area (TPSA) is 140 Å². The lowest BCUT2D eigenvalue weighted by Gasteiger charge is -2.17. The smallest absolute Gasteiger partial charge is 0.410 e. The summed E-state index contributed by atoms with van der Waals surface area (Å²) in [5.41, 5.74) is 7.97. The van der Waals surface area contributed by atoms with Crippen molar-refractivity contribution in [3.8, 4) is 16.9 Å². The van der Waals surface area contributed by atoms with Gasteiger partial charge in [0.05, 0.1) is 4.90 Å². The lowest BCUT2D eigenvalue weighted by atomic mass is 10.1. The van der Waals surface area contributed by atoms with E-state index in [9.17, 15) is 13.2 Å². The average molecular weight is 439 g/mol. The molecular weight excluding hydrogens is 416 g/mol. The molecule has 0 aliphatic heterocycles.